The first kappa shape index (κ1) is 19.7. The molecule has 0 saturated heterocycles. The molecule has 4 aromatic carbocycles. The van der Waals surface area contributed by atoms with Crippen LogP contribution < -0.4 is 21.3 Å². The van der Waals surface area contributed by atoms with E-state index < -0.39 is 23.6 Å². The molecule has 0 aliphatic carbocycles. The normalized spacial score (nSPS) is 14.8. The molecule has 0 atom stereocenters. The molecule has 4 amide bonds. The Morgan fingerprint density at radius 1 is 0.412 bits per heavy atom. The van der Waals surface area contributed by atoms with E-state index in [-0.39, 0.29) is 22.3 Å². The molecule has 0 fully saturated rings. The van der Waals surface area contributed by atoms with Crippen molar-refractivity contribution < 1.29 is 19.2 Å². The van der Waals surface area contributed by atoms with Crippen LogP contribution in [-0.2, 0) is 0 Å². The zero-order chi connectivity index (χ0) is 23.7. The number of carbonyl (C=O) groups excluding carboxylic acids is 4. The summed E-state index contributed by atoms with van der Waals surface area (Å²) in [6.45, 7) is 0. The van der Waals surface area contributed by atoms with E-state index in [1.54, 1.807) is 48.5 Å². The van der Waals surface area contributed by atoms with Crippen LogP contribution >= 0.6 is 0 Å². The number of anilines is 4. The third-order valence-corrected chi connectivity index (χ3v) is 6.20. The molecule has 0 spiro atoms. The maximum absolute atomic E-state index is 13.4. The Labute approximate surface area is 193 Å². The molecule has 4 N–H and O–H groups in total. The Balaban J connectivity index is 1.55. The summed E-state index contributed by atoms with van der Waals surface area (Å²) in [6.07, 6.45) is 0. The summed E-state index contributed by atoms with van der Waals surface area (Å²) in [4.78, 5) is 55.7. The second-order valence-electron chi connectivity index (χ2n) is 8.15. The van der Waals surface area contributed by atoms with Gasteiger partial charge in [-0.25, -0.2) is 9.80 Å². The van der Waals surface area contributed by atoms with Crippen LogP contribution in [0.3, 0.4) is 0 Å². The third kappa shape index (κ3) is 2.53. The predicted molar refractivity (Wildman–Crippen MR) is 128 cm³/mol. The van der Waals surface area contributed by atoms with E-state index in [0.29, 0.717) is 33.5 Å². The Hall–Kier alpha value is -4.98. The lowest BCUT2D eigenvalue weighted by Gasteiger charge is -2.32. The maximum Gasteiger partial charge on any atom is 0.265 e. The van der Waals surface area contributed by atoms with Gasteiger partial charge in [-0.2, -0.15) is 0 Å². The number of nitrogen functional groups attached to an aromatic ring is 2. The molecule has 2 aliphatic heterocycles. The summed E-state index contributed by atoms with van der Waals surface area (Å²) in [5.74, 6) is -2.14. The van der Waals surface area contributed by atoms with Gasteiger partial charge in [0, 0.05) is 44.4 Å². The van der Waals surface area contributed by atoms with Gasteiger partial charge < -0.3 is 11.5 Å². The van der Waals surface area contributed by atoms with Crippen LogP contribution in [0.1, 0.15) is 41.4 Å². The fourth-order valence-corrected chi connectivity index (χ4v) is 4.59. The van der Waals surface area contributed by atoms with E-state index in [4.69, 9.17) is 11.5 Å². The standard InChI is InChI=1S/C26H16N4O4/c27-13-1-5-15(6-2-13)29-23(31)17-9-11-19-22-20(12-10-18(21(17)22)24(29)32)26(34)30(25(19)33)16-7-3-14(28)4-8-16/h1-12H,27-28H2. The Morgan fingerprint density at radius 3 is 0.941 bits per heavy atom. The largest absolute Gasteiger partial charge is 0.399 e. The van der Waals surface area contributed by atoms with Crippen molar-refractivity contribution in [2.45, 2.75) is 0 Å². The first-order valence-corrected chi connectivity index (χ1v) is 10.4. The lowest BCUT2D eigenvalue weighted by Crippen LogP contribution is -2.43. The van der Waals surface area contributed by atoms with Crippen LogP contribution in [0.25, 0.3) is 10.8 Å². The van der Waals surface area contributed by atoms with Gasteiger partial charge in [-0.15, -0.1) is 0 Å². The molecule has 164 valence electrons. The fraction of sp³-hybridized carbons (Fsp3) is 0. The molecule has 2 aliphatic rings. The minimum atomic E-state index is -0.535. The van der Waals surface area contributed by atoms with Gasteiger partial charge in [0.15, 0.2) is 0 Å². The highest BCUT2D eigenvalue weighted by Gasteiger charge is 2.40. The Bertz CT molecular complexity index is 1400. The van der Waals surface area contributed by atoms with Crippen LogP contribution in [0.4, 0.5) is 22.7 Å². The second-order valence-corrected chi connectivity index (χ2v) is 8.15. The molecule has 34 heavy (non-hydrogen) atoms. The van der Waals surface area contributed by atoms with Gasteiger partial charge >= 0.3 is 0 Å². The topological polar surface area (TPSA) is 127 Å². The van der Waals surface area contributed by atoms with E-state index >= 15 is 0 Å². The van der Waals surface area contributed by atoms with Crippen molar-refractivity contribution >= 4 is 57.2 Å². The van der Waals surface area contributed by atoms with Gasteiger partial charge in [-0.1, -0.05) is 0 Å². The summed E-state index contributed by atoms with van der Waals surface area (Å²) in [7, 11) is 0. The Kier molecular flexibility index (Phi) is 3.91. The molecule has 0 unspecified atom stereocenters. The molecule has 0 aromatic heterocycles. The molecular formula is C26H16N4O4. The second kappa shape index (κ2) is 6.76. The molecule has 8 nitrogen and oxygen atoms in total. The van der Waals surface area contributed by atoms with Gasteiger partial charge in [0.2, 0.25) is 0 Å². The van der Waals surface area contributed by atoms with Gasteiger partial charge in [0.25, 0.3) is 23.6 Å². The number of hydrogen-bond donors (Lipinski definition) is 2. The molecule has 0 saturated carbocycles. The van der Waals surface area contributed by atoms with Crippen LogP contribution in [0.15, 0.2) is 72.8 Å². The van der Waals surface area contributed by atoms with Crippen LogP contribution in [0.5, 0.6) is 0 Å². The van der Waals surface area contributed by atoms with Crippen molar-refractivity contribution in [3.8, 4) is 0 Å². The molecule has 8 heteroatoms. The highest BCUT2D eigenvalue weighted by Crippen LogP contribution is 2.40. The first-order valence-electron chi connectivity index (χ1n) is 10.4. The first-order chi connectivity index (χ1) is 16.4. The van der Waals surface area contributed by atoms with Crippen molar-refractivity contribution in [1.82, 2.24) is 0 Å². The van der Waals surface area contributed by atoms with Crippen molar-refractivity contribution in [2.24, 2.45) is 0 Å². The molecule has 4 aromatic rings. The van der Waals surface area contributed by atoms with E-state index in [1.807, 2.05) is 0 Å². The average Bonchev–Trinajstić information content (AvgIpc) is 2.83. The van der Waals surface area contributed by atoms with Crippen LogP contribution in [-0.4, -0.2) is 23.6 Å². The van der Waals surface area contributed by atoms with Gasteiger partial charge in [0.05, 0.1) is 11.4 Å². The molecular weight excluding hydrogens is 432 g/mol. The summed E-state index contributed by atoms with van der Waals surface area (Å²) < 4.78 is 0. The number of benzene rings is 4. The van der Waals surface area contributed by atoms with Crippen molar-refractivity contribution in [1.29, 1.82) is 0 Å². The highest BCUT2D eigenvalue weighted by molar-refractivity contribution is 6.42. The zero-order valence-corrected chi connectivity index (χ0v) is 17.6. The monoisotopic (exact) mass is 448 g/mol. The van der Waals surface area contributed by atoms with Crippen molar-refractivity contribution in [3.05, 3.63) is 95.1 Å². The third-order valence-electron chi connectivity index (χ3n) is 6.20. The molecule has 0 bridgehead atoms. The Morgan fingerprint density at radius 2 is 0.676 bits per heavy atom. The minimum absolute atomic E-state index is 0.244. The maximum atomic E-state index is 13.4. The van der Waals surface area contributed by atoms with E-state index in [9.17, 15) is 19.2 Å². The summed E-state index contributed by atoms with van der Waals surface area (Å²) in [5, 5.41) is 0.630. The highest BCUT2D eigenvalue weighted by atomic mass is 16.2. The van der Waals surface area contributed by atoms with E-state index in [2.05, 4.69) is 0 Å². The van der Waals surface area contributed by atoms with Gasteiger partial charge in [-0.3, -0.25) is 19.2 Å². The molecule has 2 heterocycles. The quantitative estimate of drug-likeness (QED) is 0.356. The summed E-state index contributed by atoms with van der Waals surface area (Å²) in [6, 6.07) is 18.9. The lowest BCUT2D eigenvalue weighted by atomic mass is 9.85. The lowest BCUT2D eigenvalue weighted by molar-refractivity contribution is 0.0873. The van der Waals surface area contributed by atoms with Gasteiger partial charge in [-0.05, 0) is 72.8 Å². The minimum Gasteiger partial charge on any atom is -0.399 e. The van der Waals surface area contributed by atoms with Gasteiger partial charge in [0.1, 0.15) is 0 Å². The average molecular weight is 448 g/mol. The summed E-state index contributed by atoms with van der Waals surface area (Å²) in [5.41, 5.74) is 14.2. The molecule has 6 rings (SSSR count). The number of nitrogens with two attached hydrogens (primary N) is 2. The number of carbonyl (C=O) groups is 4. The number of amides is 4. The zero-order valence-electron chi connectivity index (χ0n) is 17.6. The van der Waals surface area contributed by atoms with Crippen LogP contribution in [0, 0.1) is 0 Å². The number of hydrogen-bond acceptors (Lipinski definition) is 6. The number of imide groups is 2. The molecule has 0 radical (unpaired) electrons. The van der Waals surface area contributed by atoms with Crippen molar-refractivity contribution in [3.63, 3.8) is 0 Å². The predicted octanol–water partition coefficient (Wildman–Crippen LogP) is 3.61. The smallest absolute Gasteiger partial charge is 0.265 e. The SMILES string of the molecule is Nc1ccc(N2C(=O)c3ccc4c5c(ccc(c35)C2=O)C(=O)N(c2ccc(N)cc2)C4=O)cc1. The fourth-order valence-electron chi connectivity index (χ4n) is 4.59. The summed E-state index contributed by atoms with van der Waals surface area (Å²) >= 11 is 0. The number of nitrogens with zero attached hydrogens (tertiary/aromatic N) is 2. The van der Waals surface area contributed by atoms with E-state index in [1.165, 1.54) is 24.3 Å². The number of rotatable bonds is 2. The van der Waals surface area contributed by atoms with Crippen LogP contribution in [0.2, 0.25) is 0 Å². The van der Waals surface area contributed by atoms with E-state index in [0.717, 1.165) is 9.80 Å². The van der Waals surface area contributed by atoms with Crippen molar-refractivity contribution in [2.75, 3.05) is 21.3 Å².